The van der Waals surface area contributed by atoms with Crippen LogP contribution in [0.3, 0.4) is 0 Å². The van der Waals surface area contributed by atoms with Crippen molar-refractivity contribution in [2.24, 2.45) is 5.10 Å². The van der Waals surface area contributed by atoms with Crippen molar-refractivity contribution in [3.8, 4) is 0 Å². The van der Waals surface area contributed by atoms with Crippen molar-refractivity contribution in [3.63, 3.8) is 0 Å². The van der Waals surface area contributed by atoms with Crippen LogP contribution in [0.5, 0.6) is 0 Å². The highest BCUT2D eigenvalue weighted by atomic mass is 19.4. The average Bonchev–Trinajstić information content (AvgIpc) is 2.97. The zero-order valence-corrected chi connectivity index (χ0v) is 16.0. The van der Waals surface area contributed by atoms with Gasteiger partial charge in [-0.2, -0.15) is 18.3 Å². The number of nitrogens with zero attached hydrogens (tertiary/aromatic N) is 2. The first-order chi connectivity index (χ1) is 13.8. The third-order valence-electron chi connectivity index (χ3n) is 4.62. The Labute approximate surface area is 166 Å². The lowest BCUT2D eigenvalue weighted by Gasteiger charge is -2.10. The summed E-state index contributed by atoms with van der Waals surface area (Å²) in [5.74, 6) is -0.462. The Bertz CT molecular complexity index is 1050. The van der Waals surface area contributed by atoms with Crippen molar-refractivity contribution < 1.29 is 18.0 Å². The summed E-state index contributed by atoms with van der Waals surface area (Å²) in [6.07, 6.45) is -2.84. The van der Waals surface area contributed by atoms with E-state index in [0.717, 1.165) is 40.8 Å². The molecule has 8 heteroatoms. The number of para-hydroxylation sites is 1. The number of amides is 1. The summed E-state index contributed by atoms with van der Waals surface area (Å²) in [7, 11) is 0. The van der Waals surface area contributed by atoms with Gasteiger partial charge in [0, 0.05) is 34.4 Å². The molecule has 0 aliphatic carbocycles. The third kappa shape index (κ3) is 4.59. The Balaban J connectivity index is 1.64. The summed E-state index contributed by atoms with van der Waals surface area (Å²) in [6.45, 7) is 4.66. The van der Waals surface area contributed by atoms with Gasteiger partial charge in [0.2, 0.25) is 0 Å². The van der Waals surface area contributed by atoms with E-state index in [1.165, 1.54) is 12.1 Å². The molecule has 0 spiro atoms. The molecule has 0 unspecified atom stereocenters. The van der Waals surface area contributed by atoms with Crippen LogP contribution in [0.25, 0.3) is 10.9 Å². The molecule has 1 amide bonds. The summed E-state index contributed by atoms with van der Waals surface area (Å²) < 4.78 is 40.4. The van der Waals surface area contributed by atoms with Gasteiger partial charge in [-0.05, 0) is 38.1 Å². The van der Waals surface area contributed by atoms with Crippen LogP contribution in [0.2, 0.25) is 0 Å². The van der Waals surface area contributed by atoms with E-state index >= 15 is 0 Å². The summed E-state index contributed by atoms with van der Waals surface area (Å²) >= 11 is 0. The van der Waals surface area contributed by atoms with Crippen LogP contribution in [0, 0.1) is 6.92 Å². The van der Waals surface area contributed by atoms with Gasteiger partial charge in [0.25, 0.3) is 5.91 Å². The molecule has 3 aromatic rings. The topological polar surface area (TPSA) is 58.4 Å². The van der Waals surface area contributed by atoms with Crippen molar-refractivity contribution in [3.05, 3.63) is 65.4 Å². The molecule has 152 valence electrons. The number of hydrogen-bond donors (Lipinski definition) is 2. The van der Waals surface area contributed by atoms with Crippen molar-refractivity contribution in [1.82, 2.24) is 9.99 Å². The molecule has 5 nitrogen and oxygen atoms in total. The maximum absolute atomic E-state index is 12.7. The molecule has 0 bridgehead atoms. The molecule has 1 aromatic heterocycles. The van der Waals surface area contributed by atoms with Crippen molar-refractivity contribution in [1.29, 1.82) is 0 Å². The molecule has 29 heavy (non-hydrogen) atoms. The molecule has 0 radical (unpaired) electrons. The number of hydrogen-bond acceptors (Lipinski definition) is 3. The minimum Gasteiger partial charge on any atom is -0.376 e. The molecule has 2 N–H and O–H groups in total. The predicted octanol–water partition coefficient (Wildman–Crippen LogP) is 4.55. The second-order valence-corrected chi connectivity index (χ2v) is 6.49. The fourth-order valence-electron chi connectivity index (χ4n) is 3.22. The van der Waals surface area contributed by atoms with Gasteiger partial charge in [-0.25, -0.2) is 5.43 Å². The number of aromatic nitrogens is 1. The Hall–Kier alpha value is -3.29. The van der Waals surface area contributed by atoms with Crippen molar-refractivity contribution >= 4 is 28.7 Å². The Morgan fingerprint density at radius 2 is 1.93 bits per heavy atom. The summed E-state index contributed by atoms with van der Waals surface area (Å²) in [5, 5.41) is 7.72. The first-order valence-corrected chi connectivity index (χ1v) is 9.12. The quantitative estimate of drug-likeness (QED) is 0.469. The zero-order chi connectivity index (χ0) is 21.0. The van der Waals surface area contributed by atoms with E-state index < -0.39 is 17.6 Å². The molecular formula is C21H21F3N4O. The number of anilines is 1. The fraction of sp³-hybridized carbons (Fsp3) is 0.238. The number of rotatable bonds is 6. The van der Waals surface area contributed by atoms with Crippen LogP contribution in [-0.2, 0) is 17.5 Å². The summed E-state index contributed by atoms with van der Waals surface area (Å²) in [4.78, 5) is 12.0. The number of benzene rings is 2. The number of aryl methyl sites for hydroxylation is 1. The normalized spacial score (nSPS) is 11.9. The average molecular weight is 402 g/mol. The van der Waals surface area contributed by atoms with E-state index in [9.17, 15) is 18.0 Å². The van der Waals surface area contributed by atoms with Crippen molar-refractivity contribution in [2.45, 2.75) is 26.6 Å². The zero-order valence-electron chi connectivity index (χ0n) is 16.0. The fourth-order valence-corrected chi connectivity index (χ4v) is 3.22. The van der Waals surface area contributed by atoms with Crippen LogP contribution >= 0.6 is 0 Å². The number of fused-ring (bicyclic) bond motifs is 1. The van der Waals surface area contributed by atoms with Crippen LogP contribution in [-0.4, -0.2) is 23.2 Å². The second kappa shape index (κ2) is 8.38. The smallest absolute Gasteiger partial charge is 0.376 e. The minimum absolute atomic E-state index is 0.200. The van der Waals surface area contributed by atoms with Gasteiger partial charge in [-0.15, -0.1) is 0 Å². The second-order valence-electron chi connectivity index (χ2n) is 6.49. The van der Waals surface area contributed by atoms with Gasteiger partial charge in [-0.1, -0.05) is 24.3 Å². The molecule has 0 saturated heterocycles. The van der Waals surface area contributed by atoms with Gasteiger partial charge >= 0.3 is 6.18 Å². The Morgan fingerprint density at radius 3 is 2.66 bits per heavy atom. The number of halogens is 3. The van der Waals surface area contributed by atoms with Crippen LogP contribution in [0.15, 0.2) is 53.6 Å². The first-order valence-electron chi connectivity index (χ1n) is 9.12. The summed E-state index contributed by atoms with van der Waals surface area (Å²) in [6, 6.07) is 12.6. The SMILES string of the molecule is CCn1c(C)c(/C=N\NC(=O)CNc2cccc(C(F)(F)F)c2)c2ccccc21. The molecule has 0 aliphatic rings. The van der Waals surface area contributed by atoms with E-state index in [-0.39, 0.29) is 12.2 Å². The van der Waals surface area contributed by atoms with Crippen LogP contribution in [0.1, 0.15) is 23.7 Å². The number of alkyl halides is 3. The molecule has 2 aromatic carbocycles. The molecule has 0 saturated carbocycles. The largest absolute Gasteiger partial charge is 0.416 e. The lowest BCUT2D eigenvalue weighted by atomic mass is 10.1. The molecule has 1 heterocycles. The standard InChI is InChI=1S/C21H21F3N4O/c1-3-28-14(2)18(17-9-4-5-10-19(17)28)12-26-27-20(29)13-25-16-8-6-7-15(11-16)21(22,23)24/h4-12,25H,3,13H2,1-2H3,(H,27,29)/b26-12-. The maximum Gasteiger partial charge on any atom is 0.416 e. The highest BCUT2D eigenvalue weighted by Gasteiger charge is 2.30. The number of carbonyl (C=O) groups is 1. The summed E-state index contributed by atoms with van der Waals surface area (Å²) in [5.41, 5.74) is 4.87. The molecule has 3 rings (SSSR count). The molecule has 0 atom stereocenters. The van der Waals surface area contributed by atoms with Gasteiger partial charge in [0.15, 0.2) is 0 Å². The minimum atomic E-state index is -4.43. The Kier molecular flexibility index (Phi) is 5.91. The molecular weight excluding hydrogens is 381 g/mol. The molecule has 0 fully saturated rings. The number of carbonyl (C=O) groups excluding carboxylic acids is 1. The van der Waals surface area contributed by atoms with Gasteiger partial charge in [0.1, 0.15) is 0 Å². The first kappa shape index (κ1) is 20.4. The Morgan fingerprint density at radius 1 is 1.17 bits per heavy atom. The lowest BCUT2D eigenvalue weighted by molar-refractivity contribution is -0.137. The third-order valence-corrected chi connectivity index (χ3v) is 4.62. The maximum atomic E-state index is 12.7. The predicted molar refractivity (Wildman–Crippen MR) is 108 cm³/mol. The van der Waals surface area contributed by atoms with Gasteiger partial charge < -0.3 is 9.88 Å². The van der Waals surface area contributed by atoms with Crippen LogP contribution in [0.4, 0.5) is 18.9 Å². The van der Waals surface area contributed by atoms with Gasteiger partial charge in [0.05, 0.1) is 18.3 Å². The van der Waals surface area contributed by atoms with Crippen LogP contribution < -0.4 is 10.7 Å². The van der Waals surface area contributed by atoms with Crippen molar-refractivity contribution in [2.75, 3.05) is 11.9 Å². The monoisotopic (exact) mass is 402 g/mol. The van der Waals surface area contributed by atoms with E-state index in [1.807, 2.05) is 31.2 Å². The van der Waals surface area contributed by atoms with E-state index in [4.69, 9.17) is 0 Å². The van der Waals surface area contributed by atoms with Gasteiger partial charge in [-0.3, -0.25) is 4.79 Å². The number of hydrazone groups is 1. The lowest BCUT2D eigenvalue weighted by Crippen LogP contribution is -2.26. The highest BCUT2D eigenvalue weighted by Crippen LogP contribution is 2.30. The van der Waals surface area contributed by atoms with E-state index in [0.29, 0.717) is 0 Å². The highest BCUT2D eigenvalue weighted by molar-refractivity contribution is 6.01. The van der Waals surface area contributed by atoms with E-state index in [1.54, 1.807) is 6.21 Å². The molecule has 0 aliphatic heterocycles. The van der Waals surface area contributed by atoms with E-state index in [2.05, 4.69) is 27.3 Å². The number of nitrogens with one attached hydrogen (secondary N) is 2.